The van der Waals surface area contributed by atoms with Crippen LogP contribution in [-0.4, -0.2) is 55.2 Å². The number of ether oxygens (including phenoxy) is 1. The van der Waals surface area contributed by atoms with Gasteiger partial charge in [-0.3, -0.25) is 0 Å². The summed E-state index contributed by atoms with van der Waals surface area (Å²) in [5.41, 5.74) is 0.876. The Hall–Kier alpha value is -1.29. The van der Waals surface area contributed by atoms with Crippen LogP contribution in [0.2, 0.25) is 0 Å². The lowest BCUT2D eigenvalue weighted by Crippen LogP contribution is -2.39. The molecule has 0 spiro atoms. The Kier molecular flexibility index (Phi) is 9.98. The van der Waals surface area contributed by atoms with Gasteiger partial charge in [-0.2, -0.15) is 0 Å². The number of amides is 1. The molecule has 0 aromatic carbocycles. The third-order valence-corrected chi connectivity index (χ3v) is 4.04. The van der Waals surface area contributed by atoms with Gasteiger partial charge in [-0.15, -0.1) is 0 Å². The SMILES string of the molecule is CC=CC(=CC)CN(C)CC(C)C(C)CN(C)C(=O)OC(C)(C)C. The fraction of sp³-hybridized carbons (Fsp3) is 0.750. The maximum absolute atomic E-state index is 12.1. The topological polar surface area (TPSA) is 32.8 Å². The second kappa shape index (κ2) is 10.5. The number of hydrogen-bond donors (Lipinski definition) is 0. The molecule has 0 saturated heterocycles. The molecule has 0 fully saturated rings. The normalized spacial score (nSPS) is 15.7. The van der Waals surface area contributed by atoms with Gasteiger partial charge in [-0.05, 0) is 59.1 Å². The van der Waals surface area contributed by atoms with Crippen molar-refractivity contribution >= 4 is 6.09 Å². The quantitative estimate of drug-likeness (QED) is 0.607. The second-order valence-electron chi connectivity index (χ2n) is 7.88. The van der Waals surface area contributed by atoms with Crippen LogP contribution in [0.25, 0.3) is 0 Å². The van der Waals surface area contributed by atoms with Crippen LogP contribution in [0, 0.1) is 11.8 Å². The molecule has 24 heavy (non-hydrogen) atoms. The Balaban J connectivity index is 4.45. The summed E-state index contributed by atoms with van der Waals surface area (Å²) in [4.78, 5) is 16.1. The molecule has 0 rings (SSSR count). The van der Waals surface area contributed by atoms with Crippen molar-refractivity contribution < 1.29 is 9.53 Å². The Bertz CT molecular complexity index is 435. The van der Waals surface area contributed by atoms with Gasteiger partial charge in [-0.25, -0.2) is 4.79 Å². The maximum Gasteiger partial charge on any atom is 0.410 e. The van der Waals surface area contributed by atoms with E-state index in [1.807, 2.05) is 34.7 Å². The van der Waals surface area contributed by atoms with Gasteiger partial charge in [0.2, 0.25) is 0 Å². The van der Waals surface area contributed by atoms with E-state index in [-0.39, 0.29) is 6.09 Å². The van der Waals surface area contributed by atoms with Crippen molar-refractivity contribution in [1.82, 2.24) is 9.80 Å². The van der Waals surface area contributed by atoms with Crippen molar-refractivity contribution in [2.45, 2.75) is 54.1 Å². The molecule has 0 heterocycles. The van der Waals surface area contributed by atoms with Crippen molar-refractivity contribution in [3.8, 4) is 0 Å². The first kappa shape index (κ1) is 22.7. The average molecular weight is 339 g/mol. The number of rotatable bonds is 8. The predicted octanol–water partition coefficient (Wildman–Crippen LogP) is 4.58. The van der Waals surface area contributed by atoms with E-state index in [0.29, 0.717) is 18.4 Å². The first-order chi connectivity index (χ1) is 11.0. The molecule has 2 atom stereocenters. The van der Waals surface area contributed by atoms with Crippen LogP contribution in [0.1, 0.15) is 48.5 Å². The number of nitrogens with zero attached hydrogens (tertiary/aromatic N) is 2. The predicted molar refractivity (Wildman–Crippen MR) is 103 cm³/mol. The molecule has 0 aromatic rings. The molecular formula is C20H38N2O2. The molecule has 0 aromatic heterocycles. The lowest BCUT2D eigenvalue weighted by molar-refractivity contribution is 0.0259. The van der Waals surface area contributed by atoms with Gasteiger partial charge in [0.05, 0.1) is 0 Å². The molecule has 0 radical (unpaired) electrons. The number of carbonyl (C=O) groups excluding carboxylic acids is 1. The Morgan fingerprint density at radius 1 is 1.08 bits per heavy atom. The summed E-state index contributed by atoms with van der Waals surface area (Å²) in [6.45, 7) is 16.9. The molecule has 2 unspecified atom stereocenters. The largest absolute Gasteiger partial charge is 0.444 e. The monoisotopic (exact) mass is 338 g/mol. The van der Waals surface area contributed by atoms with Gasteiger partial charge in [0.25, 0.3) is 0 Å². The molecule has 4 heteroatoms. The van der Waals surface area contributed by atoms with Crippen molar-refractivity contribution in [3.63, 3.8) is 0 Å². The zero-order chi connectivity index (χ0) is 18.9. The van der Waals surface area contributed by atoms with E-state index in [1.165, 1.54) is 5.57 Å². The summed E-state index contributed by atoms with van der Waals surface area (Å²) in [5, 5.41) is 0. The van der Waals surface area contributed by atoms with Crippen LogP contribution < -0.4 is 0 Å². The number of allylic oxidation sites excluding steroid dienone is 2. The van der Waals surface area contributed by atoms with Crippen molar-refractivity contribution in [2.75, 3.05) is 33.7 Å². The fourth-order valence-corrected chi connectivity index (χ4v) is 2.53. The van der Waals surface area contributed by atoms with Crippen LogP contribution in [0.15, 0.2) is 23.8 Å². The molecular weight excluding hydrogens is 300 g/mol. The van der Waals surface area contributed by atoms with E-state index in [4.69, 9.17) is 4.74 Å². The molecule has 0 saturated carbocycles. The lowest BCUT2D eigenvalue weighted by atomic mass is 9.95. The third kappa shape index (κ3) is 9.76. The van der Waals surface area contributed by atoms with E-state index in [9.17, 15) is 4.79 Å². The number of likely N-dealkylation sites (N-methyl/N-ethyl adjacent to an activating group) is 1. The average Bonchev–Trinajstić information content (AvgIpc) is 2.44. The minimum absolute atomic E-state index is 0.251. The van der Waals surface area contributed by atoms with Gasteiger partial charge >= 0.3 is 6.09 Å². The summed E-state index contributed by atoms with van der Waals surface area (Å²) >= 11 is 0. The molecule has 4 nitrogen and oxygen atoms in total. The van der Waals surface area contributed by atoms with Gasteiger partial charge in [0.15, 0.2) is 0 Å². The number of carbonyl (C=O) groups is 1. The third-order valence-electron chi connectivity index (χ3n) is 4.04. The van der Waals surface area contributed by atoms with Crippen LogP contribution in [-0.2, 0) is 4.74 Å². The van der Waals surface area contributed by atoms with Crippen LogP contribution >= 0.6 is 0 Å². The number of hydrogen-bond acceptors (Lipinski definition) is 3. The lowest BCUT2D eigenvalue weighted by Gasteiger charge is -2.30. The Morgan fingerprint density at radius 3 is 2.08 bits per heavy atom. The highest BCUT2D eigenvalue weighted by molar-refractivity contribution is 5.67. The minimum atomic E-state index is -0.448. The first-order valence-electron chi connectivity index (χ1n) is 8.90. The van der Waals surface area contributed by atoms with Gasteiger partial charge in [0.1, 0.15) is 5.60 Å². The van der Waals surface area contributed by atoms with Gasteiger partial charge < -0.3 is 14.5 Å². The molecule has 140 valence electrons. The van der Waals surface area contributed by atoms with E-state index < -0.39 is 5.60 Å². The summed E-state index contributed by atoms with van der Waals surface area (Å²) in [5.74, 6) is 0.893. The van der Waals surface area contributed by atoms with E-state index in [1.54, 1.807) is 4.90 Å². The Labute approximate surface area is 149 Å². The maximum atomic E-state index is 12.1. The summed E-state index contributed by atoms with van der Waals surface area (Å²) in [7, 11) is 3.96. The zero-order valence-electron chi connectivity index (χ0n) is 17.2. The molecule has 0 aliphatic heterocycles. The smallest absolute Gasteiger partial charge is 0.410 e. The van der Waals surface area contributed by atoms with Gasteiger partial charge in [-0.1, -0.05) is 32.1 Å². The highest BCUT2D eigenvalue weighted by atomic mass is 16.6. The molecule has 0 bridgehead atoms. The molecule has 0 aliphatic carbocycles. The summed E-state index contributed by atoms with van der Waals surface area (Å²) < 4.78 is 5.42. The summed E-state index contributed by atoms with van der Waals surface area (Å²) in [6, 6.07) is 0. The highest BCUT2D eigenvalue weighted by Gasteiger charge is 2.23. The molecule has 1 amide bonds. The standard InChI is InChI=1S/C20H38N2O2/c1-10-12-18(11-2)15-21(8)13-16(3)17(4)14-22(9)19(23)24-20(5,6)7/h10-12,16-17H,13-15H2,1-9H3. The second-order valence-corrected chi connectivity index (χ2v) is 7.88. The molecule has 0 N–H and O–H groups in total. The van der Waals surface area contributed by atoms with Gasteiger partial charge in [0, 0.05) is 26.7 Å². The van der Waals surface area contributed by atoms with Crippen LogP contribution in [0.3, 0.4) is 0 Å². The first-order valence-corrected chi connectivity index (χ1v) is 8.90. The fourth-order valence-electron chi connectivity index (χ4n) is 2.53. The van der Waals surface area contributed by atoms with E-state index in [2.05, 4.69) is 50.9 Å². The highest BCUT2D eigenvalue weighted by Crippen LogP contribution is 2.16. The Morgan fingerprint density at radius 2 is 1.62 bits per heavy atom. The molecule has 0 aliphatic rings. The minimum Gasteiger partial charge on any atom is -0.444 e. The summed E-state index contributed by atoms with van der Waals surface area (Å²) in [6.07, 6.45) is 6.13. The van der Waals surface area contributed by atoms with Crippen LogP contribution in [0.5, 0.6) is 0 Å². The van der Waals surface area contributed by atoms with Crippen molar-refractivity contribution in [2.24, 2.45) is 11.8 Å². The van der Waals surface area contributed by atoms with E-state index >= 15 is 0 Å². The van der Waals surface area contributed by atoms with Crippen molar-refractivity contribution in [3.05, 3.63) is 23.8 Å². The van der Waals surface area contributed by atoms with Crippen molar-refractivity contribution in [1.29, 1.82) is 0 Å². The van der Waals surface area contributed by atoms with Crippen LogP contribution in [0.4, 0.5) is 4.79 Å². The van der Waals surface area contributed by atoms with E-state index in [0.717, 1.165) is 13.1 Å². The zero-order valence-corrected chi connectivity index (χ0v) is 17.2.